The van der Waals surface area contributed by atoms with Crippen LogP contribution in [0.4, 0.5) is 5.82 Å². The molecule has 0 radical (unpaired) electrons. The van der Waals surface area contributed by atoms with Gasteiger partial charge in [0.2, 0.25) is 0 Å². The van der Waals surface area contributed by atoms with E-state index in [2.05, 4.69) is 44.0 Å². The van der Waals surface area contributed by atoms with E-state index in [0.717, 1.165) is 35.4 Å². The molecule has 0 saturated heterocycles. The molecule has 96 valence electrons. The van der Waals surface area contributed by atoms with Crippen molar-refractivity contribution in [3.8, 4) is 0 Å². The predicted octanol–water partition coefficient (Wildman–Crippen LogP) is 2.35. The number of fused-ring (bicyclic) bond motifs is 1. The molecule has 2 aromatic rings. The first kappa shape index (κ1) is 11.8. The first-order valence-electron chi connectivity index (χ1n) is 6.21. The molecule has 1 atom stereocenters. The Labute approximate surface area is 114 Å². The van der Waals surface area contributed by atoms with Crippen molar-refractivity contribution < 1.29 is 0 Å². The van der Waals surface area contributed by atoms with E-state index >= 15 is 0 Å². The fraction of sp³-hybridized carbons (Fsp3) is 0.500. The van der Waals surface area contributed by atoms with Gasteiger partial charge in [-0.05, 0) is 34.8 Å². The highest BCUT2D eigenvalue weighted by Crippen LogP contribution is 2.35. The molecule has 0 aliphatic carbocycles. The minimum atomic E-state index is 0.269. The molecule has 0 fully saturated rings. The Balaban J connectivity index is 2.10. The van der Waals surface area contributed by atoms with Gasteiger partial charge in [0.05, 0.1) is 21.9 Å². The zero-order chi connectivity index (χ0) is 12.7. The minimum Gasteiger partial charge on any atom is -0.369 e. The van der Waals surface area contributed by atoms with E-state index in [1.807, 2.05) is 17.9 Å². The quantitative estimate of drug-likeness (QED) is 0.926. The molecule has 0 amide bonds. The van der Waals surface area contributed by atoms with E-state index < -0.39 is 0 Å². The van der Waals surface area contributed by atoms with Crippen molar-refractivity contribution in [2.45, 2.75) is 25.8 Å². The molecule has 0 spiro atoms. The zero-order valence-electron chi connectivity index (χ0n) is 10.5. The molecule has 5 nitrogen and oxygen atoms in total. The summed E-state index contributed by atoms with van der Waals surface area (Å²) >= 11 is 3.64. The number of hydrogen-bond acceptors (Lipinski definition) is 3. The normalized spacial score (nSPS) is 18.5. The second-order valence-electron chi connectivity index (χ2n) is 4.52. The Bertz CT molecular complexity index is 571. The summed E-state index contributed by atoms with van der Waals surface area (Å²) in [7, 11) is 1.98. The van der Waals surface area contributed by atoms with E-state index in [0.29, 0.717) is 0 Å². The molecule has 0 aromatic carbocycles. The van der Waals surface area contributed by atoms with Crippen molar-refractivity contribution in [3.05, 3.63) is 28.1 Å². The lowest BCUT2D eigenvalue weighted by Gasteiger charge is -2.25. The summed E-state index contributed by atoms with van der Waals surface area (Å²) in [6.45, 7) is 3.08. The highest BCUT2D eigenvalue weighted by atomic mass is 79.9. The van der Waals surface area contributed by atoms with Crippen molar-refractivity contribution in [3.63, 3.8) is 0 Å². The van der Waals surface area contributed by atoms with Gasteiger partial charge in [-0.1, -0.05) is 6.92 Å². The van der Waals surface area contributed by atoms with E-state index in [4.69, 9.17) is 5.10 Å². The molecular weight excluding hydrogens is 294 g/mol. The lowest BCUT2D eigenvalue weighted by molar-refractivity contribution is 0.449. The second-order valence-corrected chi connectivity index (χ2v) is 5.31. The first-order chi connectivity index (χ1) is 8.72. The molecule has 0 bridgehead atoms. The molecule has 18 heavy (non-hydrogen) atoms. The summed E-state index contributed by atoms with van der Waals surface area (Å²) < 4.78 is 5.11. The van der Waals surface area contributed by atoms with Crippen molar-refractivity contribution in [1.29, 1.82) is 0 Å². The average molecular weight is 310 g/mol. The second kappa shape index (κ2) is 4.42. The zero-order valence-corrected chi connectivity index (χ0v) is 12.1. The Kier molecular flexibility index (Phi) is 2.89. The van der Waals surface area contributed by atoms with Gasteiger partial charge >= 0.3 is 0 Å². The molecule has 3 heterocycles. The molecule has 3 rings (SSSR count). The highest BCUT2D eigenvalue weighted by Gasteiger charge is 2.27. The average Bonchev–Trinajstić information content (AvgIpc) is 2.94. The van der Waals surface area contributed by atoms with Gasteiger partial charge in [0.15, 0.2) is 0 Å². The third-order valence-corrected chi connectivity index (χ3v) is 4.29. The van der Waals surface area contributed by atoms with Gasteiger partial charge in [0.1, 0.15) is 5.82 Å². The van der Waals surface area contributed by atoms with Gasteiger partial charge in [-0.3, -0.25) is 4.68 Å². The van der Waals surface area contributed by atoms with Crippen molar-refractivity contribution >= 4 is 21.7 Å². The Hall–Kier alpha value is -1.30. The molecule has 0 saturated carbocycles. The van der Waals surface area contributed by atoms with Gasteiger partial charge in [-0.25, -0.2) is 4.68 Å². The van der Waals surface area contributed by atoms with Crippen LogP contribution in [0.5, 0.6) is 0 Å². The number of aromatic nitrogens is 4. The van der Waals surface area contributed by atoms with Crippen LogP contribution in [0, 0.1) is 0 Å². The van der Waals surface area contributed by atoms with Crippen LogP contribution >= 0.6 is 15.9 Å². The largest absolute Gasteiger partial charge is 0.369 e. The van der Waals surface area contributed by atoms with Gasteiger partial charge < -0.3 is 5.32 Å². The van der Waals surface area contributed by atoms with Crippen molar-refractivity contribution in [2.24, 2.45) is 7.05 Å². The molecule has 1 aliphatic rings. The molecular formula is C12H16BrN5. The van der Waals surface area contributed by atoms with E-state index in [-0.39, 0.29) is 6.04 Å². The standard InChI is InChI=1S/C12H16BrN5/c1-3-8-11(13)12-14-6-4-10(18(12)16-8)9-5-7-15-17(9)2/h5,7,10,14H,3-4,6H2,1-2H3. The third kappa shape index (κ3) is 1.67. The van der Waals surface area contributed by atoms with Gasteiger partial charge in [-0.15, -0.1) is 0 Å². The Morgan fingerprint density at radius 3 is 3.06 bits per heavy atom. The van der Waals surface area contributed by atoms with E-state index in [1.165, 1.54) is 5.69 Å². The van der Waals surface area contributed by atoms with Crippen LogP contribution in [-0.2, 0) is 13.5 Å². The van der Waals surface area contributed by atoms with E-state index in [9.17, 15) is 0 Å². The third-order valence-electron chi connectivity index (χ3n) is 3.46. The lowest BCUT2D eigenvalue weighted by atomic mass is 10.1. The van der Waals surface area contributed by atoms with Gasteiger partial charge in [0, 0.05) is 19.8 Å². The molecule has 2 aromatic heterocycles. The first-order valence-corrected chi connectivity index (χ1v) is 7.00. The number of nitrogens with one attached hydrogen (secondary N) is 1. The summed E-state index contributed by atoms with van der Waals surface area (Å²) in [4.78, 5) is 0. The van der Waals surface area contributed by atoms with Crippen molar-refractivity contribution in [2.75, 3.05) is 11.9 Å². The van der Waals surface area contributed by atoms with Crippen LogP contribution in [0.3, 0.4) is 0 Å². The predicted molar refractivity (Wildman–Crippen MR) is 73.8 cm³/mol. The summed E-state index contributed by atoms with van der Waals surface area (Å²) in [5.41, 5.74) is 2.31. The number of hydrogen-bond donors (Lipinski definition) is 1. The van der Waals surface area contributed by atoms with Crippen LogP contribution in [0.1, 0.15) is 30.8 Å². The molecule has 1 unspecified atom stereocenters. The monoisotopic (exact) mass is 309 g/mol. The molecule has 1 aliphatic heterocycles. The molecule has 6 heteroatoms. The lowest BCUT2D eigenvalue weighted by Crippen LogP contribution is -2.26. The highest BCUT2D eigenvalue weighted by molar-refractivity contribution is 9.10. The number of rotatable bonds is 2. The van der Waals surface area contributed by atoms with Gasteiger partial charge in [-0.2, -0.15) is 10.2 Å². The molecule has 1 N–H and O–H groups in total. The Morgan fingerprint density at radius 2 is 2.39 bits per heavy atom. The maximum atomic E-state index is 4.71. The van der Waals surface area contributed by atoms with Crippen molar-refractivity contribution in [1.82, 2.24) is 19.6 Å². The summed E-state index contributed by atoms with van der Waals surface area (Å²) in [6, 6.07) is 2.34. The van der Waals surface area contributed by atoms with E-state index in [1.54, 1.807) is 0 Å². The van der Waals surface area contributed by atoms with Gasteiger partial charge in [0.25, 0.3) is 0 Å². The van der Waals surface area contributed by atoms with Crippen LogP contribution < -0.4 is 5.32 Å². The summed E-state index contributed by atoms with van der Waals surface area (Å²) in [6.07, 6.45) is 3.81. The van der Waals surface area contributed by atoms with Crippen LogP contribution in [0.2, 0.25) is 0 Å². The SMILES string of the molecule is CCc1nn2c(c1Br)NCCC2c1ccnn1C. The fourth-order valence-electron chi connectivity index (χ4n) is 2.50. The Morgan fingerprint density at radius 1 is 1.56 bits per heavy atom. The smallest absolute Gasteiger partial charge is 0.139 e. The topological polar surface area (TPSA) is 47.7 Å². The maximum absolute atomic E-state index is 4.71. The number of aryl methyl sites for hydroxylation is 2. The maximum Gasteiger partial charge on any atom is 0.139 e. The fourth-order valence-corrected chi connectivity index (χ4v) is 3.19. The van der Waals surface area contributed by atoms with Crippen LogP contribution in [-0.4, -0.2) is 26.1 Å². The van der Waals surface area contributed by atoms with Crippen LogP contribution in [0.15, 0.2) is 16.7 Å². The number of halogens is 1. The van der Waals surface area contributed by atoms with Crippen LogP contribution in [0.25, 0.3) is 0 Å². The summed E-state index contributed by atoms with van der Waals surface area (Å²) in [5.74, 6) is 1.09. The minimum absolute atomic E-state index is 0.269. The summed E-state index contributed by atoms with van der Waals surface area (Å²) in [5, 5.41) is 12.4. The number of anilines is 1. The number of nitrogens with zero attached hydrogens (tertiary/aromatic N) is 4.